The van der Waals surface area contributed by atoms with Crippen molar-refractivity contribution in [3.8, 4) is 0 Å². The molecule has 11 heteroatoms. The first-order chi connectivity index (χ1) is 13.5. The van der Waals surface area contributed by atoms with Gasteiger partial charge in [0.05, 0.1) is 12.0 Å². The third kappa shape index (κ3) is 3.50. The molecule has 2 aromatic rings. The van der Waals surface area contributed by atoms with E-state index in [1.54, 1.807) is 6.20 Å². The predicted octanol–water partition coefficient (Wildman–Crippen LogP) is 2.31. The van der Waals surface area contributed by atoms with Gasteiger partial charge in [0.2, 0.25) is 0 Å². The smallest absolute Gasteiger partial charge is 0.431 e. The summed E-state index contributed by atoms with van der Waals surface area (Å²) in [7, 11) is 0. The zero-order valence-electron chi connectivity index (χ0n) is 14.8. The van der Waals surface area contributed by atoms with Crippen LogP contribution in [-0.4, -0.2) is 56.9 Å². The molecule has 3 N–H and O–H groups in total. The molecule has 4 atom stereocenters. The number of halogens is 2. The molecule has 1 saturated carbocycles. The second-order valence-corrected chi connectivity index (χ2v) is 8.05. The van der Waals surface area contributed by atoms with Gasteiger partial charge in [0, 0.05) is 9.77 Å². The van der Waals surface area contributed by atoms with E-state index in [-0.39, 0.29) is 11.9 Å². The van der Waals surface area contributed by atoms with Gasteiger partial charge in [-0.2, -0.15) is 0 Å². The van der Waals surface area contributed by atoms with Crippen LogP contribution in [0.3, 0.4) is 0 Å². The van der Waals surface area contributed by atoms with E-state index in [2.05, 4.69) is 32.6 Å². The summed E-state index contributed by atoms with van der Waals surface area (Å²) >= 11 is 2.05. The van der Waals surface area contributed by atoms with Crippen LogP contribution in [0.4, 0.5) is 15.0 Å². The number of hydrogen-bond donors (Lipinski definition) is 2. The van der Waals surface area contributed by atoms with Gasteiger partial charge in [-0.1, -0.05) is 0 Å². The molecule has 2 aliphatic rings. The minimum Gasteiger partial charge on any atom is -0.431 e. The Morgan fingerprint density at radius 2 is 2.14 bits per heavy atom. The summed E-state index contributed by atoms with van der Waals surface area (Å²) in [5.41, 5.74) is 6.30. The second kappa shape index (κ2) is 7.95. The number of hydrogen-bond acceptors (Lipinski definition) is 8. The number of fused-ring (bicyclic) bond motifs is 1. The van der Waals surface area contributed by atoms with Crippen LogP contribution < -0.4 is 5.73 Å². The molecule has 152 valence electrons. The molecule has 9 nitrogen and oxygen atoms in total. The highest BCUT2D eigenvalue weighted by Crippen LogP contribution is 2.38. The molecule has 0 bridgehead atoms. The molecule has 1 unspecified atom stereocenters. The van der Waals surface area contributed by atoms with E-state index in [0.29, 0.717) is 11.0 Å². The first kappa shape index (κ1) is 19.6. The normalized spacial score (nSPS) is 28.1. The van der Waals surface area contributed by atoms with Crippen molar-refractivity contribution < 1.29 is 28.5 Å². The standard InChI is InChI=1S/C17H20FIN4O5/c18-12-13(28-17(25)26-8-3-1-2-4-8)10(6-24)27-16(12)23-5-9(19)11-14(20)21-7-22-15(11)23/h5,7-8,10,12-13,16,24H,1-4,6H2,(H2,20,21,22)/t10-,12?,13+,16-/m1/s1. The minimum absolute atomic E-state index is 0.203. The highest BCUT2D eigenvalue weighted by atomic mass is 127. The average molecular weight is 506 g/mol. The third-order valence-electron chi connectivity index (χ3n) is 5.11. The first-order valence-corrected chi connectivity index (χ1v) is 10.1. The minimum atomic E-state index is -1.73. The van der Waals surface area contributed by atoms with E-state index in [4.69, 9.17) is 19.9 Å². The van der Waals surface area contributed by atoms with Crippen LogP contribution in [0, 0.1) is 3.57 Å². The second-order valence-electron chi connectivity index (χ2n) is 6.89. The van der Waals surface area contributed by atoms with Crippen LogP contribution in [-0.2, 0) is 14.2 Å². The quantitative estimate of drug-likeness (QED) is 0.479. The van der Waals surface area contributed by atoms with Crippen molar-refractivity contribution in [2.75, 3.05) is 12.3 Å². The van der Waals surface area contributed by atoms with Crippen molar-refractivity contribution in [3.05, 3.63) is 16.1 Å². The molecule has 0 aromatic carbocycles. The average Bonchev–Trinajstić information content (AvgIpc) is 3.36. The van der Waals surface area contributed by atoms with Gasteiger partial charge in [0.15, 0.2) is 18.5 Å². The summed E-state index contributed by atoms with van der Waals surface area (Å²) in [5, 5.41) is 10.2. The number of nitrogens with zero attached hydrogens (tertiary/aromatic N) is 3. The lowest BCUT2D eigenvalue weighted by Crippen LogP contribution is -2.36. The highest BCUT2D eigenvalue weighted by molar-refractivity contribution is 14.1. The monoisotopic (exact) mass is 506 g/mol. The van der Waals surface area contributed by atoms with Gasteiger partial charge in [0.25, 0.3) is 0 Å². The molecule has 1 aliphatic carbocycles. The fourth-order valence-corrected chi connectivity index (χ4v) is 4.56. The van der Waals surface area contributed by atoms with Crippen molar-refractivity contribution in [1.29, 1.82) is 0 Å². The zero-order chi connectivity index (χ0) is 19.8. The van der Waals surface area contributed by atoms with Gasteiger partial charge in [0.1, 0.15) is 30.0 Å². The fourth-order valence-electron chi connectivity index (χ4n) is 3.74. The molecule has 0 amide bonds. The first-order valence-electron chi connectivity index (χ1n) is 9.03. The maximum atomic E-state index is 15.2. The Morgan fingerprint density at radius 3 is 2.86 bits per heavy atom. The number of nitrogen functional groups attached to an aromatic ring is 1. The van der Waals surface area contributed by atoms with Crippen LogP contribution in [0.15, 0.2) is 12.5 Å². The van der Waals surface area contributed by atoms with Crippen molar-refractivity contribution in [2.24, 2.45) is 0 Å². The Morgan fingerprint density at radius 1 is 1.39 bits per heavy atom. The zero-order valence-corrected chi connectivity index (χ0v) is 17.0. The number of aliphatic hydroxyl groups excluding tert-OH is 1. The maximum Gasteiger partial charge on any atom is 0.509 e. The van der Waals surface area contributed by atoms with Crippen molar-refractivity contribution in [3.63, 3.8) is 0 Å². The van der Waals surface area contributed by atoms with E-state index in [9.17, 15) is 9.90 Å². The lowest BCUT2D eigenvalue weighted by atomic mass is 10.1. The van der Waals surface area contributed by atoms with Crippen LogP contribution in [0.2, 0.25) is 0 Å². The lowest BCUT2D eigenvalue weighted by Gasteiger charge is -2.19. The summed E-state index contributed by atoms with van der Waals surface area (Å²) in [6.07, 6.45) is 0.119. The van der Waals surface area contributed by atoms with Gasteiger partial charge in [-0.05, 0) is 48.3 Å². The Labute approximate surface area is 173 Å². The Bertz CT molecular complexity index is 875. The molecule has 0 spiro atoms. The topological polar surface area (TPSA) is 122 Å². The Balaban J connectivity index is 1.55. The van der Waals surface area contributed by atoms with Crippen LogP contribution in [0.1, 0.15) is 31.9 Å². The van der Waals surface area contributed by atoms with Crippen molar-refractivity contribution >= 4 is 45.6 Å². The highest BCUT2D eigenvalue weighted by Gasteiger charge is 2.49. The Kier molecular flexibility index (Phi) is 5.56. The molecular weight excluding hydrogens is 486 g/mol. The summed E-state index contributed by atoms with van der Waals surface area (Å²) in [4.78, 5) is 20.2. The number of aromatic nitrogens is 3. The number of carbonyl (C=O) groups excluding carboxylic acids is 1. The van der Waals surface area contributed by atoms with Crippen LogP contribution in [0.25, 0.3) is 11.0 Å². The molecule has 1 saturated heterocycles. The third-order valence-corrected chi connectivity index (χ3v) is 5.93. The van der Waals surface area contributed by atoms with Crippen molar-refractivity contribution in [2.45, 2.75) is 56.4 Å². The van der Waals surface area contributed by atoms with E-state index >= 15 is 4.39 Å². The van der Waals surface area contributed by atoms with Crippen molar-refractivity contribution in [1.82, 2.24) is 14.5 Å². The summed E-state index contributed by atoms with van der Waals surface area (Å²) in [6.45, 7) is -0.508. The van der Waals surface area contributed by atoms with E-state index in [1.807, 2.05) is 0 Å². The molecule has 3 heterocycles. The number of alkyl halides is 1. The molecule has 28 heavy (non-hydrogen) atoms. The fraction of sp³-hybridized carbons (Fsp3) is 0.588. The molecule has 4 rings (SSSR count). The molecule has 2 aromatic heterocycles. The molecular formula is C17H20FIN4O5. The molecule has 2 fully saturated rings. The number of carbonyl (C=O) groups is 1. The number of aliphatic hydroxyl groups is 1. The maximum absolute atomic E-state index is 15.2. The van der Waals surface area contributed by atoms with Gasteiger partial charge in [-0.3, -0.25) is 0 Å². The molecule has 1 aliphatic heterocycles. The number of rotatable bonds is 4. The summed E-state index contributed by atoms with van der Waals surface area (Å²) < 4.78 is 33.5. The van der Waals surface area contributed by atoms with E-state index < -0.39 is 37.4 Å². The molecule has 0 radical (unpaired) electrons. The van der Waals surface area contributed by atoms with Crippen LogP contribution in [0.5, 0.6) is 0 Å². The number of ether oxygens (including phenoxy) is 3. The van der Waals surface area contributed by atoms with Gasteiger partial charge in [-0.25, -0.2) is 19.2 Å². The van der Waals surface area contributed by atoms with Gasteiger partial charge >= 0.3 is 6.16 Å². The summed E-state index contributed by atoms with van der Waals surface area (Å²) in [6, 6.07) is 0. The Hall–Kier alpha value is -1.73. The van der Waals surface area contributed by atoms with Gasteiger partial charge in [-0.15, -0.1) is 0 Å². The SMILES string of the molecule is Nc1ncnc2c1c(I)cn2[C@@H]1O[C@H](CO)[C@H](OC(=O)OC2CCCC2)C1F. The number of nitrogens with two attached hydrogens (primary N) is 1. The van der Waals surface area contributed by atoms with Gasteiger partial charge < -0.3 is 29.6 Å². The largest absolute Gasteiger partial charge is 0.509 e. The van der Waals surface area contributed by atoms with E-state index in [0.717, 1.165) is 29.3 Å². The lowest BCUT2D eigenvalue weighted by molar-refractivity contribution is -0.0600. The predicted molar refractivity (Wildman–Crippen MR) is 104 cm³/mol. The summed E-state index contributed by atoms with van der Waals surface area (Å²) in [5.74, 6) is 0.271. The van der Waals surface area contributed by atoms with E-state index in [1.165, 1.54) is 10.9 Å². The number of anilines is 1. The van der Waals surface area contributed by atoms with Crippen LogP contribution >= 0.6 is 22.6 Å².